The van der Waals surface area contributed by atoms with E-state index in [2.05, 4.69) is 51.7 Å². The van der Waals surface area contributed by atoms with Gasteiger partial charge < -0.3 is 0 Å². The summed E-state index contributed by atoms with van der Waals surface area (Å²) in [4.78, 5) is 0. The summed E-state index contributed by atoms with van der Waals surface area (Å²) in [6.45, 7) is 27.0. The monoisotopic (exact) mass is 464 g/mol. The van der Waals surface area contributed by atoms with Gasteiger partial charge in [0, 0.05) is 44.7 Å². The molecule has 2 aromatic carbocycles. The van der Waals surface area contributed by atoms with Crippen LogP contribution >= 0.6 is 0 Å². The third kappa shape index (κ3) is 34.7. The molecule has 8 heteroatoms. The molecule has 28 heavy (non-hydrogen) atoms. The van der Waals surface area contributed by atoms with Gasteiger partial charge in [-0.1, -0.05) is 48.2 Å². The molecule has 0 spiro atoms. The van der Waals surface area contributed by atoms with E-state index in [0.29, 0.717) is 0 Å². The van der Waals surface area contributed by atoms with Crippen molar-refractivity contribution in [3.05, 3.63) is 112 Å². The Kier molecular flexibility index (Phi) is 89.9. The number of hydrogen-bond donors (Lipinski definition) is 0. The first kappa shape index (κ1) is 44.7. The topological polar surface area (TPSA) is 119 Å². The summed E-state index contributed by atoms with van der Waals surface area (Å²) in [6, 6.07) is 20.0. The summed E-state index contributed by atoms with van der Waals surface area (Å²) in [5.74, 6) is 6.22. The molecule has 0 aliphatic carbocycles. The van der Waals surface area contributed by atoms with Crippen molar-refractivity contribution >= 4 is 0 Å². The van der Waals surface area contributed by atoms with Gasteiger partial charge in [-0.25, -0.2) is 0 Å². The van der Waals surface area contributed by atoms with Gasteiger partial charge in [0.1, 0.15) is 0 Å². The van der Waals surface area contributed by atoms with Crippen molar-refractivity contribution in [2.24, 2.45) is 0 Å². The molecule has 2 aromatic rings. The van der Waals surface area contributed by atoms with Gasteiger partial charge in [-0.3, -0.25) is 0 Å². The second kappa shape index (κ2) is 56.3. The van der Waals surface area contributed by atoms with E-state index in [1.807, 2.05) is 60.7 Å². The predicted octanol–water partition coefficient (Wildman–Crippen LogP) is 2.86. The van der Waals surface area contributed by atoms with Crippen LogP contribution in [0.3, 0.4) is 0 Å². The van der Waals surface area contributed by atoms with Crippen molar-refractivity contribution < 1.29 is 61.5 Å². The Morgan fingerprint density at radius 2 is 0.571 bits per heavy atom. The smallest absolute Gasteiger partial charge is 0 e. The fourth-order valence-electron chi connectivity index (χ4n) is 1.19. The van der Waals surface area contributed by atoms with E-state index in [-0.39, 0.29) is 33.6 Å². The third-order valence-corrected chi connectivity index (χ3v) is 1.90. The van der Waals surface area contributed by atoms with Crippen LogP contribution in [0.2, 0.25) is 0 Å². The summed E-state index contributed by atoms with van der Waals surface area (Å²) in [5.41, 5.74) is 2.10. The second-order valence-electron chi connectivity index (χ2n) is 2.98. The molecular weight excluding hydrogens is 454 g/mol. The van der Waals surface area contributed by atoms with Crippen LogP contribution in [-0.2, 0) is 61.5 Å². The van der Waals surface area contributed by atoms with Gasteiger partial charge in [-0.05, 0) is 24.3 Å². The molecule has 0 fully saturated rings. The predicted molar refractivity (Wildman–Crippen MR) is 82.4 cm³/mol. The Hall–Kier alpha value is -2.55. The second-order valence-corrected chi connectivity index (χ2v) is 2.98. The van der Waals surface area contributed by atoms with Crippen LogP contribution in [0.4, 0.5) is 0 Å². The van der Waals surface area contributed by atoms with Gasteiger partial charge in [0.2, 0.25) is 0 Å². The summed E-state index contributed by atoms with van der Waals surface area (Å²) in [5, 5.41) is 0. The molecule has 0 heterocycles. The average Bonchev–Trinajstić information content (AvgIpc) is 2.82. The van der Waals surface area contributed by atoms with Gasteiger partial charge in [0.25, 0.3) is 0 Å². The van der Waals surface area contributed by atoms with Crippen LogP contribution in [0.25, 0.3) is 0 Å². The van der Waals surface area contributed by atoms with Crippen molar-refractivity contribution in [3.8, 4) is 11.8 Å². The van der Waals surface area contributed by atoms with Crippen LogP contribution in [-0.4, -0.2) is 0 Å². The van der Waals surface area contributed by atoms with Gasteiger partial charge in [0.05, 0.1) is 0 Å². The molecular formula is C20H10Co2O6. The van der Waals surface area contributed by atoms with Crippen LogP contribution < -0.4 is 0 Å². The Bertz CT molecular complexity index is 616. The van der Waals surface area contributed by atoms with E-state index in [4.69, 9.17) is 27.9 Å². The summed E-state index contributed by atoms with van der Waals surface area (Å²) in [7, 11) is 0. The van der Waals surface area contributed by atoms with Crippen molar-refractivity contribution in [1.29, 1.82) is 0 Å². The maximum atomic E-state index is 7.50. The molecule has 2 rings (SSSR count). The van der Waals surface area contributed by atoms with Crippen molar-refractivity contribution in [2.75, 3.05) is 0 Å². The van der Waals surface area contributed by atoms with E-state index in [1.54, 1.807) is 0 Å². The van der Waals surface area contributed by atoms with Gasteiger partial charge >= 0.3 is 67.8 Å². The molecule has 0 N–H and O–H groups in total. The Balaban J connectivity index is -0.0000000547. The molecule has 0 aromatic heterocycles. The molecule has 0 saturated carbocycles. The van der Waals surface area contributed by atoms with Crippen LogP contribution in [0, 0.1) is 51.7 Å². The number of rotatable bonds is 0. The number of hydrogen-bond acceptors (Lipinski definition) is 0. The largest absolute Gasteiger partial charge is 0 e. The molecule has 0 aliphatic heterocycles. The van der Waals surface area contributed by atoms with Gasteiger partial charge in [-0.15, -0.1) is 0 Å². The molecule has 6 nitrogen and oxygen atoms in total. The summed E-state index contributed by atoms with van der Waals surface area (Å²) in [6.07, 6.45) is 0. The summed E-state index contributed by atoms with van der Waals surface area (Å²) >= 11 is 0. The molecule has 0 bridgehead atoms. The van der Waals surface area contributed by atoms with Gasteiger partial charge in [0.15, 0.2) is 0 Å². The average molecular weight is 464 g/mol. The molecule has 0 atom stereocenters. The standard InChI is InChI=1S/C14H10.6CO.2Co/c1-3-7-13(8-4-1)11-12-14-9-5-2-6-10-14;6*1-2;;/h1-10H;;;;;;;;. The first-order valence-corrected chi connectivity index (χ1v) is 5.80. The minimum atomic E-state index is 0. The Labute approximate surface area is 184 Å². The van der Waals surface area contributed by atoms with Crippen LogP contribution in [0.5, 0.6) is 0 Å². The maximum absolute atomic E-state index is 7.50. The first-order valence-electron chi connectivity index (χ1n) is 5.80. The van der Waals surface area contributed by atoms with E-state index >= 15 is 0 Å². The Morgan fingerprint density at radius 3 is 0.750 bits per heavy atom. The van der Waals surface area contributed by atoms with E-state index in [1.165, 1.54) is 0 Å². The minimum absolute atomic E-state index is 0. The van der Waals surface area contributed by atoms with Crippen molar-refractivity contribution in [3.63, 3.8) is 0 Å². The zero-order valence-corrected chi connectivity index (χ0v) is 16.0. The Morgan fingerprint density at radius 1 is 0.393 bits per heavy atom. The number of benzene rings is 2. The molecule has 0 aliphatic rings. The molecule has 2 radical (unpaired) electrons. The molecule has 144 valence electrons. The fraction of sp³-hybridized carbons (Fsp3) is 0. The fourth-order valence-corrected chi connectivity index (χ4v) is 1.19. The quantitative estimate of drug-likeness (QED) is 0.324. The zero-order chi connectivity index (χ0) is 21.6. The maximum Gasteiger partial charge on any atom is 0 e. The molecule has 0 unspecified atom stereocenters. The normalized spacial score (nSPS) is 4.86. The van der Waals surface area contributed by atoms with E-state index in [9.17, 15) is 0 Å². The van der Waals surface area contributed by atoms with Crippen molar-refractivity contribution in [1.82, 2.24) is 0 Å². The molecule has 0 amide bonds. The third-order valence-electron chi connectivity index (χ3n) is 1.90. The molecule has 0 saturated heterocycles. The summed E-state index contributed by atoms with van der Waals surface area (Å²) < 4.78 is 45.0. The SMILES string of the molecule is C(#Cc1ccccc1)c1ccccc1.[C-]#[O+].[C-]#[O+].[C-]#[O+].[C-]#[O+].[C-]#[O+].[C-]#[O+].[Co].[Co]. The van der Waals surface area contributed by atoms with Crippen LogP contribution in [0.1, 0.15) is 11.1 Å². The van der Waals surface area contributed by atoms with E-state index < -0.39 is 0 Å². The van der Waals surface area contributed by atoms with Crippen molar-refractivity contribution in [2.45, 2.75) is 0 Å². The minimum Gasteiger partial charge on any atom is 0 e. The first-order chi connectivity index (χ1) is 12.9. The van der Waals surface area contributed by atoms with Gasteiger partial charge in [-0.2, -0.15) is 0 Å². The zero-order valence-electron chi connectivity index (χ0n) is 13.9. The van der Waals surface area contributed by atoms with E-state index in [0.717, 1.165) is 11.1 Å². The van der Waals surface area contributed by atoms with Crippen LogP contribution in [0.15, 0.2) is 60.7 Å².